The van der Waals surface area contributed by atoms with E-state index >= 15 is 0 Å². The second-order valence-electron chi connectivity index (χ2n) is 9.40. The third-order valence-electron chi connectivity index (χ3n) is 6.91. The predicted molar refractivity (Wildman–Crippen MR) is 153 cm³/mol. The van der Waals surface area contributed by atoms with Crippen LogP contribution in [-0.2, 0) is 0 Å². The summed E-state index contributed by atoms with van der Waals surface area (Å²) >= 11 is 0. The van der Waals surface area contributed by atoms with Crippen molar-refractivity contribution < 1.29 is 0 Å². The average molecular weight is 453 g/mol. The molecule has 1 unspecified atom stereocenters. The zero-order valence-corrected chi connectivity index (χ0v) is 22.8. The van der Waals surface area contributed by atoms with Crippen LogP contribution in [0, 0.1) is 41.5 Å². The molecular formula is C30H37BNP. The molecule has 0 N–H and O–H groups in total. The minimum Gasteiger partial charge on any atom is -0.311 e. The predicted octanol–water partition coefficient (Wildman–Crippen LogP) is 5.66. The van der Waals surface area contributed by atoms with E-state index in [1.165, 1.54) is 78.0 Å². The van der Waals surface area contributed by atoms with Crippen molar-refractivity contribution in [2.45, 2.75) is 62.3 Å². The lowest BCUT2D eigenvalue weighted by Gasteiger charge is -2.30. The van der Waals surface area contributed by atoms with Crippen molar-refractivity contribution in [1.82, 2.24) is 4.57 Å². The first-order chi connectivity index (χ1) is 15.8. The summed E-state index contributed by atoms with van der Waals surface area (Å²) in [6, 6.07) is 16.6. The van der Waals surface area contributed by atoms with E-state index in [9.17, 15) is 0 Å². The summed E-state index contributed by atoms with van der Waals surface area (Å²) < 4.78 is 2.60. The largest absolute Gasteiger partial charge is 0.311 e. The lowest BCUT2D eigenvalue weighted by molar-refractivity contribution is 1.17. The Labute approximate surface area is 202 Å². The van der Waals surface area contributed by atoms with Gasteiger partial charge in [0.15, 0.2) is 0 Å². The first-order valence-corrected chi connectivity index (χ1v) is 13.6. The number of hydrogen-bond donors (Lipinski definition) is 0. The zero-order chi connectivity index (χ0) is 24.0. The van der Waals surface area contributed by atoms with Crippen molar-refractivity contribution >= 4 is 48.0 Å². The molecule has 1 atom stereocenters. The van der Waals surface area contributed by atoms with E-state index in [-0.39, 0.29) is 6.71 Å². The molecule has 170 valence electrons. The topological polar surface area (TPSA) is 4.93 Å². The molecule has 0 spiro atoms. The van der Waals surface area contributed by atoms with Crippen LogP contribution in [0.25, 0.3) is 16.6 Å². The number of aromatic nitrogens is 1. The molecular weight excluding hydrogens is 416 g/mol. The quantitative estimate of drug-likeness (QED) is 0.245. The molecule has 0 aliphatic carbocycles. The molecule has 1 nitrogen and oxygen atoms in total. The Bertz CT molecular complexity index is 1340. The van der Waals surface area contributed by atoms with Crippen LogP contribution in [-0.4, -0.2) is 17.4 Å². The zero-order valence-electron chi connectivity index (χ0n) is 21.8. The Balaban J connectivity index is 0.00000126. The normalized spacial score (nSPS) is 12.3. The van der Waals surface area contributed by atoms with Crippen molar-refractivity contribution in [3.63, 3.8) is 0 Å². The minimum absolute atomic E-state index is 0.275. The van der Waals surface area contributed by atoms with Gasteiger partial charge in [0.25, 0.3) is 0 Å². The first kappa shape index (κ1) is 23.8. The highest BCUT2D eigenvalue weighted by atomic mass is 31.1. The molecule has 4 aromatic rings. The fourth-order valence-electron chi connectivity index (χ4n) is 5.82. The molecule has 0 saturated heterocycles. The summed E-state index contributed by atoms with van der Waals surface area (Å²) in [5.41, 5.74) is 17.0. The van der Waals surface area contributed by atoms with Crippen LogP contribution < -0.4 is 21.8 Å². The molecule has 5 rings (SSSR count). The van der Waals surface area contributed by atoms with Gasteiger partial charge < -0.3 is 4.57 Å². The third kappa shape index (κ3) is 3.77. The van der Waals surface area contributed by atoms with Crippen LogP contribution in [0.3, 0.4) is 0 Å². The third-order valence-corrected chi connectivity index (χ3v) is 8.19. The van der Waals surface area contributed by atoms with Gasteiger partial charge in [0.05, 0.1) is 0 Å². The summed E-state index contributed by atoms with van der Waals surface area (Å²) in [6.45, 7) is 20.2. The van der Waals surface area contributed by atoms with Crippen LogP contribution in [0.4, 0.5) is 0 Å². The van der Waals surface area contributed by atoms with E-state index in [1.807, 2.05) is 13.8 Å². The Hall–Kier alpha value is -2.31. The van der Waals surface area contributed by atoms with Gasteiger partial charge in [-0.1, -0.05) is 93.0 Å². The Kier molecular flexibility index (Phi) is 6.61. The molecule has 0 radical (unpaired) electrons. The van der Waals surface area contributed by atoms with E-state index in [4.69, 9.17) is 0 Å². The van der Waals surface area contributed by atoms with E-state index in [0.717, 1.165) is 8.58 Å². The van der Waals surface area contributed by atoms with Gasteiger partial charge in [0, 0.05) is 22.0 Å². The highest BCUT2D eigenvalue weighted by Crippen LogP contribution is 2.31. The number of hydrogen-bond acceptors (Lipinski definition) is 0. The molecule has 33 heavy (non-hydrogen) atoms. The summed E-state index contributed by atoms with van der Waals surface area (Å²) in [6.07, 6.45) is 1.19. The first-order valence-electron chi connectivity index (χ1n) is 12.4. The summed E-state index contributed by atoms with van der Waals surface area (Å²) in [7, 11) is 0.826. The fraction of sp³-hybridized carbons (Fsp3) is 0.333. The Morgan fingerprint density at radius 3 is 2.00 bits per heavy atom. The molecule has 2 heterocycles. The van der Waals surface area contributed by atoms with Crippen molar-refractivity contribution in [3.8, 4) is 5.69 Å². The Morgan fingerprint density at radius 1 is 0.758 bits per heavy atom. The molecule has 0 fully saturated rings. The van der Waals surface area contributed by atoms with Crippen LogP contribution >= 0.6 is 8.58 Å². The van der Waals surface area contributed by atoms with Gasteiger partial charge in [-0.05, 0) is 76.3 Å². The van der Waals surface area contributed by atoms with Crippen molar-refractivity contribution in [2.24, 2.45) is 0 Å². The highest BCUT2D eigenvalue weighted by Gasteiger charge is 2.36. The van der Waals surface area contributed by atoms with Crippen molar-refractivity contribution in [1.29, 1.82) is 0 Å². The summed E-state index contributed by atoms with van der Waals surface area (Å²) in [5.74, 6) is 0. The van der Waals surface area contributed by atoms with E-state index in [0.29, 0.717) is 0 Å². The van der Waals surface area contributed by atoms with Crippen LogP contribution in [0.15, 0.2) is 42.5 Å². The maximum atomic E-state index is 2.60. The summed E-state index contributed by atoms with van der Waals surface area (Å²) in [4.78, 5) is 0. The van der Waals surface area contributed by atoms with Crippen molar-refractivity contribution in [2.75, 3.05) is 6.16 Å². The smallest absolute Gasteiger partial charge is 0.247 e. The number of nitrogens with zero attached hydrogens (tertiary/aromatic N) is 1. The molecule has 1 aromatic heterocycles. The highest BCUT2D eigenvalue weighted by molar-refractivity contribution is 7.47. The monoisotopic (exact) mass is 453 g/mol. The maximum absolute atomic E-state index is 2.60. The molecule has 0 bridgehead atoms. The number of aryl methyl sites for hydroxylation is 6. The second-order valence-corrected chi connectivity index (χ2v) is 10.9. The van der Waals surface area contributed by atoms with Gasteiger partial charge in [-0.3, -0.25) is 0 Å². The molecule has 3 aromatic carbocycles. The van der Waals surface area contributed by atoms with Gasteiger partial charge in [-0.25, -0.2) is 0 Å². The SMILES string of the molecule is CC.CCPc1c(C)c2cc(C)cc3c2n1-c1ccc(C)cc1B3c1c(C)cc(C)cc1C. The molecule has 0 saturated carbocycles. The molecule has 1 aliphatic rings. The average Bonchev–Trinajstić information content (AvgIpc) is 3.03. The standard InChI is InChI=1S/C28H31BNP.C2H6/c1-8-31-28-21(7)22-13-18(4)15-24-27(22)30(28)25-10-9-16(2)14-23(25)29(24)26-19(5)11-17(3)12-20(26)6;1-2/h9-15,31H,8H2,1-7H3;1-2H3. The van der Waals surface area contributed by atoms with Gasteiger partial charge in [-0.15, -0.1) is 0 Å². The van der Waals surface area contributed by atoms with Gasteiger partial charge in [0.1, 0.15) is 0 Å². The minimum atomic E-state index is 0.275. The molecule has 3 heteroatoms. The maximum Gasteiger partial charge on any atom is 0.247 e. The van der Waals surface area contributed by atoms with E-state index < -0.39 is 0 Å². The van der Waals surface area contributed by atoms with Gasteiger partial charge >= 0.3 is 0 Å². The van der Waals surface area contributed by atoms with Crippen LogP contribution in [0.1, 0.15) is 54.2 Å². The number of rotatable bonds is 3. The van der Waals surface area contributed by atoms with E-state index in [2.05, 4.69) is 95.5 Å². The summed E-state index contributed by atoms with van der Waals surface area (Å²) in [5, 5.41) is 1.43. The van der Waals surface area contributed by atoms with E-state index in [1.54, 1.807) is 0 Å². The van der Waals surface area contributed by atoms with Crippen LogP contribution in [0.5, 0.6) is 0 Å². The molecule has 0 amide bonds. The second kappa shape index (κ2) is 9.15. The van der Waals surface area contributed by atoms with Crippen LogP contribution in [0.2, 0.25) is 0 Å². The lowest BCUT2D eigenvalue weighted by atomic mass is 9.34. The fourth-order valence-corrected chi connectivity index (χ4v) is 6.95. The Morgan fingerprint density at radius 2 is 1.36 bits per heavy atom. The number of fused-ring (bicyclic) bond motifs is 2. The lowest BCUT2D eigenvalue weighted by Crippen LogP contribution is -2.58. The number of benzene rings is 3. The molecule has 1 aliphatic heterocycles. The van der Waals surface area contributed by atoms with Gasteiger partial charge in [-0.2, -0.15) is 0 Å². The van der Waals surface area contributed by atoms with Crippen molar-refractivity contribution in [3.05, 3.63) is 75.8 Å². The van der Waals surface area contributed by atoms with Gasteiger partial charge in [0.2, 0.25) is 6.71 Å².